The minimum Gasteiger partial charge on any atom is -0.300 e. The second kappa shape index (κ2) is 5.00. The average Bonchev–Trinajstić information content (AvgIpc) is 2.62. The normalized spacial score (nSPS) is 31.8. The van der Waals surface area contributed by atoms with E-state index in [2.05, 4.69) is 11.9 Å². The second-order valence-electron chi connectivity index (χ2n) is 6.02. The number of nitrogens with zero attached hydrogens (tertiary/aromatic N) is 1. The smallest absolute Gasteiger partial charge is 0.126 e. The van der Waals surface area contributed by atoms with E-state index >= 15 is 0 Å². The highest BCUT2D eigenvalue weighted by molar-refractivity contribution is 5.17. The van der Waals surface area contributed by atoms with E-state index in [1.807, 2.05) is 12.1 Å². The standard InChI is InChI=1S/C16H22FN/c1-18-14-8-9-15(18)11-12(10-14)6-7-13-4-2-3-5-16(13)17/h2-5,12,14-15H,6-11H2,1H3/t12-,14+,15-. The van der Waals surface area contributed by atoms with Crippen LogP contribution in [0.25, 0.3) is 0 Å². The Morgan fingerprint density at radius 2 is 1.83 bits per heavy atom. The molecule has 2 fully saturated rings. The fourth-order valence-corrected chi connectivity index (χ4v) is 3.82. The fourth-order valence-electron chi connectivity index (χ4n) is 3.82. The zero-order valence-electron chi connectivity index (χ0n) is 11.1. The molecule has 0 amide bonds. The Bertz CT molecular complexity index is 403. The van der Waals surface area contributed by atoms with Gasteiger partial charge >= 0.3 is 0 Å². The average molecular weight is 247 g/mol. The zero-order chi connectivity index (χ0) is 12.5. The van der Waals surface area contributed by atoms with E-state index in [1.165, 1.54) is 25.7 Å². The van der Waals surface area contributed by atoms with E-state index in [4.69, 9.17) is 0 Å². The number of rotatable bonds is 3. The Morgan fingerprint density at radius 3 is 2.50 bits per heavy atom. The van der Waals surface area contributed by atoms with Crippen LogP contribution >= 0.6 is 0 Å². The number of piperidine rings is 1. The SMILES string of the molecule is CN1[C@@H]2CC[C@H]1C[C@@H](CCc1ccccc1F)C2. The van der Waals surface area contributed by atoms with Crippen molar-refractivity contribution >= 4 is 0 Å². The van der Waals surface area contributed by atoms with Gasteiger partial charge in [0.25, 0.3) is 0 Å². The van der Waals surface area contributed by atoms with Crippen LogP contribution in [0.3, 0.4) is 0 Å². The molecule has 0 unspecified atom stereocenters. The van der Waals surface area contributed by atoms with Crippen molar-refractivity contribution in [1.82, 2.24) is 4.90 Å². The highest BCUT2D eigenvalue weighted by Gasteiger charge is 2.37. The van der Waals surface area contributed by atoms with Gasteiger partial charge in [-0.1, -0.05) is 18.2 Å². The maximum absolute atomic E-state index is 13.6. The molecular weight excluding hydrogens is 225 g/mol. The summed E-state index contributed by atoms with van der Waals surface area (Å²) in [6.45, 7) is 0. The first-order valence-electron chi connectivity index (χ1n) is 7.19. The first-order valence-corrected chi connectivity index (χ1v) is 7.19. The van der Waals surface area contributed by atoms with Crippen molar-refractivity contribution in [2.75, 3.05) is 7.05 Å². The molecule has 2 heterocycles. The van der Waals surface area contributed by atoms with E-state index in [-0.39, 0.29) is 5.82 Å². The molecule has 0 saturated carbocycles. The van der Waals surface area contributed by atoms with E-state index in [1.54, 1.807) is 12.1 Å². The van der Waals surface area contributed by atoms with Gasteiger partial charge in [-0.3, -0.25) is 0 Å². The maximum Gasteiger partial charge on any atom is 0.126 e. The number of aryl methyl sites for hydroxylation is 1. The molecule has 1 nitrogen and oxygen atoms in total. The molecular formula is C16H22FN. The van der Waals surface area contributed by atoms with Gasteiger partial charge in [0.15, 0.2) is 0 Å². The lowest BCUT2D eigenvalue weighted by Crippen LogP contribution is -2.39. The molecule has 0 aromatic heterocycles. The lowest BCUT2D eigenvalue weighted by molar-refractivity contribution is 0.129. The van der Waals surface area contributed by atoms with E-state index < -0.39 is 0 Å². The van der Waals surface area contributed by atoms with Gasteiger partial charge in [-0.25, -0.2) is 4.39 Å². The summed E-state index contributed by atoms with van der Waals surface area (Å²) in [4.78, 5) is 2.57. The predicted molar refractivity (Wildman–Crippen MR) is 72.0 cm³/mol. The number of hydrogen-bond acceptors (Lipinski definition) is 1. The molecule has 0 aliphatic carbocycles. The van der Waals surface area contributed by atoms with Gasteiger partial charge in [0.05, 0.1) is 0 Å². The summed E-state index contributed by atoms with van der Waals surface area (Å²) in [6, 6.07) is 8.82. The Kier molecular flexibility index (Phi) is 3.38. The molecule has 2 bridgehead atoms. The monoisotopic (exact) mass is 247 g/mol. The van der Waals surface area contributed by atoms with Gasteiger partial charge in [-0.05, 0) is 63.1 Å². The molecule has 18 heavy (non-hydrogen) atoms. The highest BCUT2D eigenvalue weighted by Crippen LogP contribution is 2.39. The van der Waals surface area contributed by atoms with Crippen molar-refractivity contribution in [2.24, 2.45) is 5.92 Å². The third-order valence-corrected chi connectivity index (χ3v) is 4.98. The van der Waals surface area contributed by atoms with Gasteiger partial charge in [0.2, 0.25) is 0 Å². The van der Waals surface area contributed by atoms with Gasteiger partial charge in [0, 0.05) is 12.1 Å². The third kappa shape index (κ3) is 2.31. The molecule has 1 aromatic carbocycles. The molecule has 1 aromatic rings. The minimum atomic E-state index is -0.0339. The van der Waals surface area contributed by atoms with Gasteiger partial charge in [-0.15, -0.1) is 0 Å². The molecule has 0 spiro atoms. The molecule has 3 atom stereocenters. The summed E-state index contributed by atoms with van der Waals surface area (Å²) >= 11 is 0. The van der Waals surface area contributed by atoms with E-state index in [0.29, 0.717) is 0 Å². The van der Waals surface area contributed by atoms with Crippen molar-refractivity contribution in [1.29, 1.82) is 0 Å². The van der Waals surface area contributed by atoms with Crippen LogP contribution in [0, 0.1) is 11.7 Å². The van der Waals surface area contributed by atoms with Crippen molar-refractivity contribution in [2.45, 2.75) is 50.6 Å². The van der Waals surface area contributed by atoms with Crippen LogP contribution in [0.2, 0.25) is 0 Å². The van der Waals surface area contributed by atoms with Crippen LogP contribution in [0.15, 0.2) is 24.3 Å². The number of halogens is 1. The second-order valence-corrected chi connectivity index (χ2v) is 6.02. The Hall–Kier alpha value is -0.890. The molecule has 2 aliphatic rings. The van der Waals surface area contributed by atoms with Gasteiger partial charge < -0.3 is 4.90 Å². The summed E-state index contributed by atoms with van der Waals surface area (Å²) in [5.74, 6) is 0.770. The van der Waals surface area contributed by atoms with Crippen LogP contribution in [0.4, 0.5) is 4.39 Å². The molecule has 0 N–H and O–H groups in total. The summed E-state index contributed by atoms with van der Waals surface area (Å²) in [7, 11) is 2.27. The summed E-state index contributed by atoms with van der Waals surface area (Å²) < 4.78 is 13.6. The Labute approximate surface area is 109 Å². The fraction of sp³-hybridized carbons (Fsp3) is 0.625. The van der Waals surface area contributed by atoms with Crippen molar-refractivity contribution in [3.05, 3.63) is 35.6 Å². The van der Waals surface area contributed by atoms with Gasteiger partial charge in [0.1, 0.15) is 5.82 Å². The summed E-state index contributed by atoms with van der Waals surface area (Å²) in [5, 5.41) is 0. The van der Waals surface area contributed by atoms with Crippen LogP contribution in [-0.4, -0.2) is 24.0 Å². The molecule has 3 rings (SSSR count). The van der Waals surface area contributed by atoms with Crippen molar-refractivity contribution in [3.8, 4) is 0 Å². The highest BCUT2D eigenvalue weighted by atomic mass is 19.1. The number of hydrogen-bond donors (Lipinski definition) is 0. The molecule has 2 saturated heterocycles. The topological polar surface area (TPSA) is 3.24 Å². The lowest BCUT2D eigenvalue weighted by atomic mass is 9.86. The van der Waals surface area contributed by atoms with Crippen LogP contribution in [0.1, 0.15) is 37.7 Å². The largest absolute Gasteiger partial charge is 0.300 e. The Balaban J connectivity index is 1.57. The quantitative estimate of drug-likeness (QED) is 0.788. The Morgan fingerprint density at radius 1 is 1.17 bits per heavy atom. The molecule has 2 heteroatoms. The molecule has 98 valence electrons. The molecule has 2 aliphatic heterocycles. The first-order chi connectivity index (χ1) is 8.74. The maximum atomic E-state index is 13.6. The molecule has 0 radical (unpaired) electrons. The van der Waals surface area contributed by atoms with Crippen molar-refractivity contribution in [3.63, 3.8) is 0 Å². The van der Waals surface area contributed by atoms with E-state index in [0.717, 1.165) is 36.4 Å². The summed E-state index contributed by atoms with van der Waals surface area (Å²) in [5.41, 5.74) is 0.892. The number of benzene rings is 1. The number of fused-ring (bicyclic) bond motifs is 2. The summed E-state index contributed by atoms with van der Waals surface area (Å²) in [6.07, 6.45) is 7.44. The lowest BCUT2D eigenvalue weighted by Gasteiger charge is -2.36. The van der Waals surface area contributed by atoms with Crippen LogP contribution < -0.4 is 0 Å². The predicted octanol–water partition coefficient (Wildman–Crippen LogP) is 3.63. The van der Waals surface area contributed by atoms with Crippen molar-refractivity contribution < 1.29 is 4.39 Å². The van der Waals surface area contributed by atoms with Gasteiger partial charge in [-0.2, -0.15) is 0 Å². The van der Waals surface area contributed by atoms with Crippen LogP contribution in [0.5, 0.6) is 0 Å². The van der Waals surface area contributed by atoms with E-state index in [9.17, 15) is 4.39 Å². The zero-order valence-corrected chi connectivity index (χ0v) is 11.1. The van der Waals surface area contributed by atoms with Crippen LogP contribution in [-0.2, 0) is 6.42 Å². The third-order valence-electron chi connectivity index (χ3n) is 4.98. The minimum absolute atomic E-state index is 0.0339. The first kappa shape index (κ1) is 12.2.